The van der Waals surface area contributed by atoms with E-state index in [-0.39, 0.29) is 5.82 Å². The molecule has 4 heteroatoms. The van der Waals surface area contributed by atoms with Crippen LogP contribution in [0.5, 0.6) is 5.75 Å². The number of nitrogens with zero attached hydrogens (tertiary/aromatic N) is 1. The normalized spacial score (nSPS) is 10.5. The van der Waals surface area contributed by atoms with Crippen molar-refractivity contribution in [2.45, 2.75) is 20.0 Å². The third-order valence-corrected chi connectivity index (χ3v) is 3.52. The highest BCUT2D eigenvalue weighted by atomic mass is 19.1. The summed E-state index contributed by atoms with van der Waals surface area (Å²) in [5, 5.41) is 0. The van der Waals surface area contributed by atoms with Gasteiger partial charge in [-0.15, -0.1) is 0 Å². The maximum Gasteiger partial charge on any atom is 0.146 e. The van der Waals surface area contributed by atoms with Crippen LogP contribution in [0.15, 0.2) is 42.5 Å². The number of hydrogen-bond donors (Lipinski definition) is 1. The molecule has 0 fully saturated rings. The Morgan fingerprint density at radius 1 is 1.19 bits per heavy atom. The van der Waals surface area contributed by atoms with Gasteiger partial charge < -0.3 is 15.4 Å². The van der Waals surface area contributed by atoms with E-state index < -0.39 is 0 Å². The molecular formula is C17H21FN2O. The summed E-state index contributed by atoms with van der Waals surface area (Å²) in [7, 11) is 1.63. The van der Waals surface area contributed by atoms with Gasteiger partial charge in [-0.1, -0.05) is 24.3 Å². The fourth-order valence-corrected chi connectivity index (χ4v) is 2.35. The van der Waals surface area contributed by atoms with Crippen LogP contribution >= 0.6 is 0 Å². The first-order valence-corrected chi connectivity index (χ1v) is 7.05. The van der Waals surface area contributed by atoms with Gasteiger partial charge in [0.25, 0.3) is 0 Å². The Hall–Kier alpha value is -2.07. The van der Waals surface area contributed by atoms with Crippen LogP contribution < -0.4 is 15.4 Å². The van der Waals surface area contributed by atoms with Crippen LogP contribution in [0.25, 0.3) is 0 Å². The van der Waals surface area contributed by atoms with Gasteiger partial charge >= 0.3 is 0 Å². The smallest absolute Gasteiger partial charge is 0.146 e. The van der Waals surface area contributed by atoms with Gasteiger partial charge in [0.2, 0.25) is 0 Å². The summed E-state index contributed by atoms with van der Waals surface area (Å²) in [6, 6.07) is 12.8. The third-order valence-electron chi connectivity index (χ3n) is 3.52. The maximum absolute atomic E-state index is 13.9. The summed E-state index contributed by atoms with van der Waals surface area (Å²) in [5.74, 6) is 0.574. The van der Waals surface area contributed by atoms with Crippen LogP contribution in [0.3, 0.4) is 0 Å². The first-order chi connectivity index (χ1) is 10.2. The van der Waals surface area contributed by atoms with E-state index in [0.29, 0.717) is 18.8 Å². The van der Waals surface area contributed by atoms with Crippen LogP contribution in [0, 0.1) is 5.82 Å². The molecule has 0 saturated heterocycles. The molecule has 0 heterocycles. The molecule has 2 rings (SSSR count). The second kappa shape index (κ2) is 7.09. The van der Waals surface area contributed by atoms with Crippen molar-refractivity contribution in [1.82, 2.24) is 0 Å². The number of benzene rings is 2. The Kier molecular flexibility index (Phi) is 5.17. The molecule has 0 aliphatic carbocycles. The summed E-state index contributed by atoms with van der Waals surface area (Å²) in [5.41, 5.74) is 8.32. The van der Waals surface area contributed by atoms with Crippen LogP contribution in [-0.4, -0.2) is 13.7 Å². The molecule has 2 aromatic rings. The van der Waals surface area contributed by atoms with Crippen molar-refractivity contribution in [3.63, 3.8) is 0 Å². The topological polar surface area (TPSA) is 38.5 Å². The summed E-state index contributed by atoms with van der Waals surface area (Å²) in [6.45, 7) is 3.80. The van der Waals surface area contributed by atoms with E-state index >= 15 is 0 Å². The molecular weight excluding hydrogens is 267 g/mol. The molecule has 0 radical (unpaired) electrons. The molecule has 0 bridgehead atoms. The Morgan fingerprint density at radius 2 is 1.95 bits per heavy atom. The standard InChI is InChI=1S/C17H21FN2O/c1-3-20(16-7-5-4-6-15(16)18)12-13-8-9-14(11-19)17(10-13)21-2/h4-10H,3,11-12,19H2,1-2H3. The first-order valence-electron chi connectivity index (χ1n) is 7.05. The predicted octanol–water partition coefficient (Wildman–Crippen LogP) is 3.32. The van der Waals surface area contributed by atoms with Crippen molar-refractivity contribution in [2.75, 3.05) is 18.6 Å². The zero-order valence-corrected chi connectivity index (χ0v) is 12.5. The number of hydrogen-bond acceptors (Lipinski definition) is 3. The lowest BCUT2D eigenvalue weighted by atomic mass is 10.1. The van der Waals surface area contributed by atoms with Gasteiger partial charge in [0.1, 0.15) is 11.6 Å². The third kappa shape index (κ3) is 3.52. The van der Waals surface area contributed by atoms with E-state index in [1.807, 2.05) is 36.1 Å². The lowest BCUT2D eigenvalue weighted by Crippen LogP contribution is -2.23. The summed E-state index contributed by atoms with van der Waals surface area (Å²) >= 11 is 0. The number of para-hydroxylation sites is 1. The lowest BCUT2D eigenvalue weighted by molar-refractivity contribution is 0.409. The van der Waals surface area contributed by atoms with E-state index in [9.17, 15) is 4.39 Å². The lowest BCUT2D eigenvalue weighted by Gasteiger charge is -2.24. The Morgan fingerprint density at radius 3 is 2.57 bits per heavy atom. The van der Waals surface area contributed by atoms with E-state index in [2.05, 4.69) is 0 Å². The highest BCUT2D eigenvalue weighted by Gasteiger charge is 2.11. The molecule has 21 heavy (non-hydrogen) atoms. The van der Waals surface area contributed by atoms with Crippen molar-refractivity contribution < 1.29 is 9.13 Å². The van der Waals surface area contributed by atoms with Crippen molar-refractivity contribution in [3.8, 4) is 5.75 Å². The minimum atomic E-state index is -0.204. The van der Waals surface area contributed by atoms with Crippen molar-refractivity contribution in [2.24, 2.45) is 5.73 Å². The van der Waals surface area contributed by atoms with E-state index in [1.54, 1.807) is 19.2 Å². The Labute approximate surface area is 125 Å². The quantitative estimate of drug-likeness (QED) is 0.886. The molecule has 0 aromatic heterocycles. The maximum atomic E-state index is 13.9. The van der Waals surface area contributed by atoms with Crippen LogP contribution in [-0.2, 0) is 13.1 Å². The zero-order valence-electron chi connectivity index (χ0n) is 12.5. The van der Waals surface area contributed by atoms with E-state index in [0.717, 1.165) is 23.4 Å². The monoisotopic (exact) mass is 288 g/mol. The fraction of sp³-hybridized carbons (Fsp3) is 0.294. The van der Waals surface area contributed by atoms with Gasteiger partial charge in [0, 0.05) is 25.2 Å². The van der Waals surface area contributed by atoms with Gasteiger partial charge in [0.05, 0.1) is 12.8 Å². The fourth-order valence-electron chi connectivity index (χ4n) is 2.35. The molecule has 0 unspecified atom stereocenters. The van der Waals surface area contributed by atoms with Gasteiger partial charge in [0.15, 0.2) is 0 Å². The highest BCUT2D eigenvalue weighted by molar-refractivity contribution is 5.49. The molecule has 0 aliphatic rings. The van der Waals surface area contributed by atoms with Crippen LogP contribution in [0.1, 0.15) is 18.1 Å². The SMILES string of the molecule is CCN(Cc1ccc(CN)c(OC)c1)c1ccccc1F. The number of methoxy groups -OCH3 is 1. The minimum absolute atomic E-state index is 0.204. The Balaban J connectivity index is 2.25. The summed E-state index contributed by atoms with van der Waals surface area (Å²) in [6.07, 6.45) is 0. The molecule has 2 N–H and O–H groups in total. The molecule has 0 aliphatic heterocycles. The first kappa shape index (κ1) is 15.3. The largest absolute Gasteiger partial charge is 0.496 e. The van der Waals surface area contributed by atoms with Gasteiger partial charge in [-0.25, -0.2) is 4.39 Å². The number of nitrogens with two attached hydrogens (primary N) is 1. The van der Waals surface area contributed by atoms with Gasteiger partial charge in [-0.2, -0.15) is 0 Å². The van der Waals surface area contributed by atoms with E-state index in [1.165, 1.54) is 6.07 Å². The second-order valence-electron chi connectivity index (χ2n) is 4.82. The summed E-state index contributed by atoms with van der Waals surface area (Å²) < 4.78 is 19.3. The number of halogens is 1. The average Bonchev–Trinajstić information content (AvgIpc) is 2.53. The second-order valence-corrected chi connectivity index (χ2v) is 4.82. The number of ether oxygens (including phenoxy) is 1. The predicted molar refractivity (Wildman–Crippen MR) is 84.0 cm³/mol. The molecule has 0 atom stereocenters. The molecule has 112 valence electrons. The molecule has 0 amide bonds. The van der Waals surface area contributed by atoms with Gasteiger partial charge in [-0.05, 0) is 30.7 Å². The highest BCUT2D eigenvalue weighted by Crippen LogP contribution is 2.24. The van der Waals surface area contributed by atoms with Crippen LogP contribution in [0.2, 0.25) is 0 Å². The number of anilines is 1. The zero-order chi connectivity index (χ0) is 15.2. The van der Waals surface area contributed by atoms with Crippen LogP contribution in [0.4, 0.5) is 10.1 Å². The average molecular weight is 288 g/mol. The Bertz CT molecular complexity index is 601. The molecule has 0 saturated carbocycles. The molecule has 3 nitrogen and oxygen atoms in total. The minimum Gasteiger partial charge on any atom is -0.496 e. The summed E-state index contributed by atoms with van der Waals surface area (Å²) in [4.78, 5) is 1.99. The van der Waals surface area contributed by atoms with Gasteiger partial charge in [-0.3, -0.25) is 0 Å². The van der Waals surface area contributed by atoms with Crippen molar-refractivity contribution >= 4 is 5.69 Å². The molecule has 2 aromatic carbocycles. The number of rotatable bonds is 6. The molecule has 0 spiro atoms. The van der Waals surface area contributed by atoms with Crippen molar-refractivity contribution in [1.29, 1.82) is 0 Å². The van der Waals surface area contributed by atoms with Crippen molar-refractivity contribution in [3.05, 3.63) is 59.4 Å². The van der Waals surface area contributed by atoms with E-state index in [4.69, 9.17) is 10.5 Å².